The number of nitrogens with one attached hydrogen (secondary N) is 1. The Morgan fingerprint density at radius 1 is 1.17 bits per heavy atom. The van der Waals surface area contributed by atoms with Crippen molar-refractivity contribution in [3.8, 4) is 11.1 Å². The number of anilines is 2. The molecule has 5 heteroatoms. The molecule has 2 heterocycles. The van der Waals surface area contributed by atoms with E-state index in [4.69, 9.17) is 5.73 Å². The van der Waals surface area contributed by atoms with Gasteiger partial charge in [-0.1, -0.05) is 29.8 Å². The minimum absolute atomic E-state index is 0.286. The van der Waals surface area contributed by atoms with Gasteiger partial charge >= 0.3 is 0 Å². The molecule has 0 aliphatic heterocycles. The van der Waals surface area contributed by atoms with Crippen LogP contribution in [0.1, 0.15) is 12.0 Å². The van der Waals surface area contributed by atoms with Crippen molar-refractivity contribution in [1.29, 1.82) is 0 Å². The Bertz CT molecular complexity index is 765. The molecule has 0 aliphatic rings. The maximum absolute atomic E-state index is 5.75. The lowest BCUT2D eigenvalue weighted by Crippen LogP contribution is -2.09. The molecule has 0 unspecified atom stereocenters. The summed E-state index contributed by atoms with van der Waals surface area (Å²) in [4.78, 5) is 8.50. The first-order valence-corrected chi connectivity index (χ1v) is 7.76. The number of hydrogen-bond donors (Lipinski definition) is 2. The molecule has 0 aliphatic carbocycles. The van der Waals surface area contributed by atoms with E-state index in [2.05, 4.69) is 57.4 Å². The summed E-state index contributed by atoms with van der Waals surface area (Å²) in [5.41, 5.74) is 9.03. The van der Waals surface area contributed by atoms with Gasteiger partial charge in [-0.3, -0.25) is 0 Å². The molecule has 0 atom stereocenters. The molecule has 0 radical (unpaired) electrons. The third kappa shape index (κ3) is 3.88. The number of nitrogen functional groups attached to an aromatic ring is 1. The van der Waals surface area contributed by atoms with Gasteiger partial charge in [0.05, 0.1) is 0 Å². The first kappa shape index (κ1) is 15.1. The van der Waals surface area contributed by atoms with E-state index in [-0.39, 0.29) is 5.95 Å². The molecule has 0 amide bonds. The van der Waals surface area contributed by atoms with Crippen LogP contribution in [0.4, 0.5) is 11.8 Å². The van der Waals surface area contributed by atoms with Crippen LogP contribution in [0.2, 0.25) is 0 Å². The highest BCUT2D eigenvalue weighted by atomic mass is 15.1. The lowest BCUT2D eigenvalue weighted by Gasteiger charge is -2.12. The summed E-state index contributed by atoms with van der Waals surface area (Å²) in [5.74, 6) is 1.07. The maximum Gasteiger partial charge on any atom is 0.221 e. The third-order valence-electron chi connectivity index (χ3n) is 3.69. The second-order valence-corrected chi connectivity index (χ2v) is 5.56. The number of aromatic nitrogens is 3. The highest BCUT2D eigenvalue weighted by molar-refractivity contribution is 5.75. The average Bonchev–Trinajstić information content (AvgIpc) is 3.05. The van der Waals surface area contributed by atoms with Crippen LogP contribution < -0.4 is 11.1 Å². The van der Waals surface area contributed by atoms with Crippen LogP contribution in [0.25, 0.3) is 11.1 Å². The molecule has 3 aromatic rings. The van der Waals surface area contributed by atoms with Crippen molar-refractivity contribution in [3.05, 3.63) is 60.6 Å². The summed E-state index contributed by atoms with van der Waals surface area (Å²) < 4.78 is 2.16. The molecule has 118 valence electrons. The Labute approximate surface area is 136 Å². The first-order valence-electron chi connectivity index (χ1n) is 7.76. The SMILES string of the molecule is Cc1cccc(-c2cnc(N)nc2NCCCn2cccc2)c1. The van der Waals surface area contributed by atoms with Crippen LogP contribution in [-0.2, 0) is 6.54 Å². The van der Waals surface area contributed by atoms with Crippen molar-refractivity contribution in [2.24, 2.45) is 0 Å². The number of rotatable bonds is 6. The number of nitrogens with zero attached hydrogens (tertiary/aromatic N) is 3. The Morgan fingerprint density at radius 2 is 2.00 bits per heavy atom. The Hall–Kier alpha value is -2.82. The van der Waals surface area contributed by atoms with E-state index in [1.54, 1.807) is 6.20 Å². The van der Waals surface area contributed by atoms with E-state index in [9.17, 15) is 0 Å². The molecule has 23 heavy (non-hydrogen) atoms. The van der Waals surface area contributed by atoms with E-state index in [1.165, 1.54) is 5.56 Å². The van der Waals surface area contributed by atoms with Crippen molar-refractivity contribution in [1.82, 2.24) is 14.5 Å². The van der Waals surface area contributed by atoms with Crippen molar-refractivity contribution < 1.29 is 0 Å². The zero-order chi connectivity index (χ0) is 16.1. The molecule has 2 aromatic heterocycles. The van der Waals surface area contributed by atoms with Crippen molar-refractivity contribution in [2.75, 3.05) is 17.6 Å². The summed E-state index contributed by atoms with van der Waals surface area (Å²) in [6.07, 6.45) is 6.93. The van der Waals surface area contributed by atoms with E-state index >= 15 is 0 Å². The maximum atomic E-state index is 5.75. The topological polar surface area (TPSA) is 68.8 Å². The highest BCUT2D eigenvalue weighted by Gasteiger charge is 2.08. The summed E-state index contributed by atoms with van der Waals surface area (Å²) in [7, 11) is 0. The summed E-state index contributed by atoms with van der Waals surface area (Å²) in [6.45, 7) is 3.87. The van der Waals surface area contributed by atoms with Gasteiger partial charge in [0.1, 0.15) is 5.82 Å². The molecule has 3 rings (SSSR count). The van der Waals surface area contributed by atoms with E-state index in [0.29, 0.717) is 0 Å². The quantitative estimate of drug-likeness (QED) is 0.685. The molecule has 3 N–H and O–H groups in total. The number of benzene rings is 1. The molecule has 5 nitrogen and oxygen atoms in total. The largest absolute Gasteiger partial charge is 0.369 e. The van der Waals surface area contributed by atoms with Gasteiger partial charge in [-0.2, -0.15) is 4.98 Å². The summed E-state index contributed by atoms with van der Waals surface area (Å²) in [5, 5.41) is 3.39. The predicted octanol–water partition coefficient (Wildman–Crippen LogP) is 3.34. The van der Waals surface area contributed by atoms with E-state index < -0.39 is 0 Å². The van der Waals surface area contributed by atoms with Gasteiger partial charge in [-0.25, -0.2) is 4.98 Å². The van der Waals surface area contributed by atoms with Crippen LogP contribution in [0, 0.1) is 6.92 Å². The number of hydrogen-bond acceptors (Lipinski definition) is 4. The molecule has 0 saturated heterocycles. The highest BCUT2D eigenvalue weighted by Crippen LogP contribution is 2.26. The van der Waals surface area contributed by atoms with Crippen LogP contribution >= 0.6 is 0 Å². The van der Waals surface area contributed by atoms with Gasteiger partial charge in [0, 0.05) is 37.2 Å². The van der Waals surface area contributed by atoms with E-state index in [0.717, 1.165) is 36.5 Å². The molecule has 0 fully saturated rings. The van der Waals surface area contributed by atoms with Gasteiger partial charge in [-0.05, 0) is 31.0 Å². The van der Waals surface area contributed by atoms with Crippen molar-refractivity contribution >= 4 is 11.8 Å². The Morgan fingerprint density at radius 3 is 2.78 bits per heavy atom. The number of nitrogens with two attached hydrogens (primary N) is 1. The van der Waals surface area contributed by atoms with Crippen LogP contribution in [-0.4, -0.2) is 21.1 Å². The molecular weight excluding hydrogens is 286 g/mol. The fourth-order valence-electron chi connectivity index (χ4n) is 2.54. The monoisotopic (exact) mass is 307 g/mol. The summed E-state index contributed by atoms with van der Waals surface area (Å²) in [6, 6.07) is 12.4. The minimum atomic E-state index is 0.286. The second-order valence-electron chi connectivity index (χ2n) is 5.56. The normalized spacial score (nSPS) is 10.7. The zero-order valence-electron chi connectivity index (χ0n) is 13.2. The van der Waals surface area contributed by atoms with Gasteiger partial charge in [-0.15, -0.1) is 0 Å². The van der Waals surface area contributed by atoms with Crippen LogP contribution in [0.3, 0.4) is 0 Å². The van der Waals surface area contributed by atoms with E-state index in [1.807, 2.05) is 18.2 Å². The minimum Gasteiger partial charge on any atom is -0.369 e. The lowest BCUT2D eigenvalue weighted by atomic mass is 10.1. The van der Waals surface area contributed by atoms with Crippen molar-refractivity contribution in [3.63, 3.8) is 0 Å². The molecular formula is C18H21N5. The zero-order valence-corrected chi connectivity index (χ0v) is 13.2. The number of aryl methyl sites for hydroxylation is 2. The van der Waals surface area contributed by atoms with Crippen LogP contribution in [0.15, 0.2) is 55.0 Å². The smallest absolute Gasteiger partial charge is 0.221 e. The van der Waals surface area contributed by atoms with Crippen LogP contribution in [0.5, 0.6) is 0 Å². The fourth-order valence-corrected chi connectivity index (χ4v) is 2.54. The Kier molecular flexibility index (Phi) is 4.57. The lowest BCUT2D eigenvalue weighted by molar-refractivity contribution is 0.664. The molecule has 0 spiro atoms. The second kappa shape index (κ2) is 6.96. The molecule has 0 saturated carbocycles. The molecule has 0 bridgehead atoms. The van der Waals surface area contributed by atoms with Gasteiger partial charge in [0.2, 0.25) is 5.95 Å². The van der Waals surface area contributed by atoms with Gasteiger partial charge in [0.25, 0.3) is 0 Å². The van der Waals surface area contributed by atoms with Crippen molar-refractivity contribution in [2.45, 2.75) is 19.9 Å². The standard InChI is InChI=1S/C18H21N5/c1-14-6-4-7-15(12-14)16-13-21-18(19)22-17(16)20-8-5-11-23-9-2-3-10-23/h2-4,6-7,9-10,12-13H,5,8,11H2,1H3,(H3,19,20,21,22). The molecule has 1 aromatic carbocycles. The first-order chi connectivity index (χ1) is 11.2. The van der Waals surface area contributed by atoms with Gasteiger partial charge in [0.15, 0.2) is 0 Å². The third-order valence-corrected chi connectivity index (χ3v) is 3.69. The Balaban J connectivity index is 1.71. The fraction of sp³-hybridized carbons (Fsp3) is 0.222. The van der Waals surface area contributed by atoms with Gasteiger partial charge < -0.3 is 15.6 Å². The predicted molar refractivity (Wildman–Crippen MR) is 94.2 cm³/mol. The average molecular weight is 307 g/mol. The summed E-state index contributed by atoms with van der Waals surface area (Å²) >= 11 is 0.